The van der Waals surface area contributed by atoms with Crippen LogP contribution in [0.15, 0.2) is 103 Å². The fourth-order valence-electron chi connectivity index (χ4n) is 7.05. The normalized spacial score (nSPS) is 21.2. The van der Waals surface area contributed by atoms with Gasteiger partial charge >= 0.3 is 0 Å². The third kappa shape index (κ3) is 3.38. The minimum absolute atomic E-state index is 0.186. The Bertz CT molecular complexity index is 1810. The number of fused-ring (bicyclic) bond motifs is 5. The second-order valence-electron chi connectivity index (χ2n) is 10.7. The molecule has 0 aromatic heterocycles. The summed E-state index contributed by atoms with van der Waals surface area (Å²) in [5.41, 5.74) is 0.975. The monoisotopic (exact) mass is 556 g/mol. The molecule has 2 aliphatic heterocycles. The molecule has 3 atom stereocenters. The summed E-state index contributed by atoms with van der Waals surface area (Å²) >= 11 is 0. The fourth-order valence-corrected chi connectivity index (χ4v) is 7.05. The summed E-state index contributed by atoms with van der Waals surface area (Å²) in [7, 11) is 1.53. The van der Waals surface area contributed by atoms with Crippen LogP contribution in [0.1, 0.15) is 48.1 Å². The van der Waals surface area contributed by atoms with E-state index in [9.17, 15) is 24.5 Å². The van der Waals surface area contributed by atoms with Crippen LogP contribution in [0.2, 0.25) is 0 Å². The topological polar surface area (TPSA) is 107 Å². The van der Waals surface area contributed by atoms with Crippen molar-refractivity contribution in [1.29, 1.82) is 0 Å². The maximum atomic E-state index is 14.7. The van der Waals surface area contributed by atoms with Crippen molar-refractivity contribution in [2.24, 2.45) is 5.41 Å². The number of carbonyl (C=O) groups excluding carboxylic acids is 3. The second kappa shape index (κ2) is 9.34. The van der Waals surface area contributed by atoms with Crippen LogP contribution >= 0.6 is 0 Å². The smallest absolute Gasteiger partial charge is 0.269 e. The molecule has 1 saturated heterocycles. The summed E-state index contributed by atoms with van der Waals surface area (Å²) in [4.78, 5) is 57.2. The van der Waals surface area contributed by atoms with Crippen molar-refractivity contribution < 1.29 is 24.0 Å². The molecule has 2 heterocycles. The third-order valence-corrected chi connectivity index (χ3v) is 8.80. The molecule has 8 heteroatoms. The van der Waals surface area contributed by atoms with E-state index in [0.29, 0.717) is 33.7 Å². The van der Waals surface area contributed by atoms with Crippen LogP contribution in [-0.2, 0) is 0 Å². The number of methoxy groups -OCH3 is 1. The number of para-hydroxylation sites is 1. The molecule has 8 nitrogen and oxygen atoms in total. The number of hydrogen-bond acceptors (Lipinski definition) is 7. The average Bonchev–Trinajstić information content (AvgIpc) is 3.47. The highest BCUT2D eigenvalue weighted by Gasteiger charge is 2.71. The summed E-state index contributed by atoms with van der Waals surface area (Å²) in [6.07, 6.45) is 3.71. The average molecular weight is 557 g/mol. The van der Waals surface area contributed by atoms with Crippen LogP contribution in [0.25, 0.3) is 6.08 Å². The van der Waals surface area contributed by atoms with E-state index in [1.807, 2.05) is 41.3 Å². The van der Waals surface area contributed by atoms with E-state index in [0.717, 1.165) is 5.56 Å². The Morgan fingerprint density at radius 3 is 2.21 bits per heavy atom. The SMILES string of the molecule is COc1ccc(C(=O)[C@@H]2[C@H](c3cccc([N+](=O)[O-])c3)C3(C(=O)c4ccccc4C3=O)[C@H]3C=Cc4ccccc4N23)cc1. The summed E-state index contributed by atoms with van der Waals surface area (Å²) in [6, 6.07) is 25.0. The molecular formula is C34H24N2O6. The largest absolute Gasteiger partial charge is 0.497 e. The Labute approximate surface area is 241 Å². The van der Waals surface area contributed by atoms with Gasteiger partial charge < -0.3 is 9.64 Å². The Kier molecular flexibility index (Phi) is 5.69. The number of benzene rings is 4. The predicted octanol–water partition coefficient (Wildman–Crippen LogP) is 5.92. The number of carbonyl (C=O) groups is 3. The Morgan fingerprint density at radius 1 is 0.881 bits per heavy atom. The first-order chi connectivity index (χ1) is 20.4. The van der Waals surface area contributed by atoms with E-state index in [-0.39, 0.29) is 23.0 Å². The first-order valence-corrected chi connectivity index (χ1v) is 13.5. The van der Waals surface area contributed by atoms with Crippen LogP contribution in [0.4, 0.5) is 11.4 Å². The van der Waals surface area contributed by atoms with Gasteiger partial charge in [0.25, 0.3) is 5.69 Å². The number of Topliss-reactive ketones (excluding diaryl/α,β-unsaturated/α-hetero) is 3. The number of nitro benzene ring substituents is 1. The van der Waals surface area contributed by atoms with E-state index in [1.54, 1.807) is 54.6 Å². The summed E-state index contributed by atoms with van der Waals surface area (Å²) < 4.78 is 5.29. The quantitative estimate of drug-likeness (QED) is 0.130. The number of hydrogen-bond donors (Lipinski definition) is 0. The number of nitro groups is 1. The van der Waals surface area contributed by atoms with E-state index in [4.69, 9.17) is 4.74 Å². The van der Waals surface area contributed by atoms with Crippen molar-refractivity contribution in [2.45, 2.75) is 18.0 Å². The van der Waals surface area contributed by atoms with Gasteiger partial charge in [-0.2, -0.15) is 0 Å². The van der Waals surface area contributed by atoms with Gasteiger partial charge in [0.05, 0.1) is 18.1 Å². The van der Waals surface area contributed by atoms with Crippen LogP contribution in [-0.4, -0.2) is 41.5 Å². The number of ketones is 3. The predicted molar refractivity (Wildman–Crippen MR) is 156 cm³/mol. The molecule has 0 amide bonds. The summed E-state index contributed by atoms with van der Waals surface area (Å²) in [5, 5.41) is 11.9. The maximum Gasteiger partial charge on any atom is 0.269 e. The Balaban J connectivity index is 1.54. The number of nitrogens with zero attached hydrogens (tertiary/aromatic N) is 2. The van der Waals surface area contributed by atoms with Gasteiger partial charge in [-0.3, -0.25) is 24.5 Å². The Morgan fingerprint density at radius 2 is 1.55 bits per heavy atom. The molecular weight excluding hydrogens is 532 g/mol. The van der Waals surface area contributed by atoms with Crippen molar-refractivity contribution in [1.82, 2.24) is 0 Å². The van der Waals surface area contributed by atoms with Gasteiger partial charge in [-0.25, -0.2) is 0 Å². The molecule has 0 unspecified atom stereocenters. The lowest BCUT2D eigenvalue weighted by molar-refractivity contribution is -0.384. The highest BCUT2D eigenvalue weighted by Crippen LogP contribution is 2.61. The number of rotatable bonds is 5. The molecule has 1 spiro atoms. The molecule has 1 aliphatic carbocycles. The minimum atomic E-state index is -1.73. The molecule has 4 aromatic rings. The molecule has 4 aromatic carbocycles. The van der Waals surface area contributed by atoms with Crippen molar-refractivity contribution in [3.05, 3.63) is 141 Å². The van der Waals surface area contributed by atoms with Gasteiger partial charge in [0.2, 0.25) is 0 Å². The summed E-state index contributed by atoms with van der Waals surface area (Å²) in [6.45, 7) is 0. The highest BCUT2D eigenvalue weighted by molar-refractivity contribution is 6.32. The van der Waals surface area contributed by atoms with Gasteiger partial charge in [0.1, 0.15) is 17.2 Å². The molecule has 0 radical (unpaired) electrons. The lowest BCUT2D eigenvalue weighted by Gasteiger charge is -2.37. The molecule has 0 bridgehead atoms. The van der Waals surface area contributed by atoms with E-state index in [1.165, 1.54) is 25.3 Å². The molecule has 7 rings (SSSR count). The van der Waals surface area contributed by atoms with Gasteiger partial charge in [-0.1, -0.05) is 66.7 Å². The third-order valence-electron chi connectivity index (χ3n) is 8.80. The first kappa shape index (κ1) is 25.6. The molecule has 206 valence electrons. The van der Waals surface area contributed by atoms with Gasteiger partial charge in [-0.15, -0.1) is 0 Å². The Hall–Kier alpha value is -5.37. The van der Waals surface area contributed by atoms with Crippen molar-refractivity contribution in [2.75, 3.05) is 12.0 Å². The van der Waals surface area contributed by atoms with Gasteiger partial charge in [-0.05, 0) is 41.5 Å². The van der Waals surface area contributed by atoms with Crippen LogP contribution in [0.5, 0.6) is 5.75 Å². The standard InChI is InChI=1S/C34H24N2O6/c1-42-24-16-13-21(14-17-24)31(37)30-29(22-8-6-9-23(19-22)36(40)41)34(32(38)25-10-3-4-11-26(25)33(34)39)28-18-15-20-7-2-5-12-27(20)35(28)30/h2-19,28-30H,1H3/t28-,29+,30+/m1/s1. The molecule has 0 saturated carbocycles. The number of anilines is 1. The van der Waals surface area contributed by atoms with Crippen molar-refractivity contribution in [3.63, 3.8) is 0 Å². The zero-order chi connectivity index (χ0) is 29.2. The minimum Gasteiger partial charge on any atom is -0.497 e. The fraction of sp³-hybridized carbons (Fsp3) is 0.147. The lowest BCUT2D eigenvalue weighted by Crippen LogP contribution is -2.48. The van der Waals surface area contributed by atoms with Crippen molar-refractivity contribution in [3.8, 4) is 5.75 Å². The van der Waals surface area contributed by atoms with Crippen LogP contribution in [0.3, 0.4) is 0 Å². The molecule has 1 fully saturated rings. The number of ether oxygens (including phenoxy) is 1. The van der Waals surface area contributed by atoms with Gasteiger partial charge in [0, 0.05) is 40.4 Å². The van der Waals surface area contributed by atoms with Gasteiger partial charge in [0.15, 0.2) is 17.3 Å². The van der Waals surface area contributed by atoms with E-state index < -0.39 is 28.3 Å². The highest BCUT2D eigenvalue weighted by atomic mass is 16.6. The van der Waals surface area contributed by atoms with Crippen LogP contribution in [0, 0.1) is 15.5 Å². The zero-order valence-corrected chi connectivity index (χ0v) is 22.5. The first-order valence-electron chi connectivity index (χ1n) is 13.5. The second-order valence-corrected chi connectivity index (χ2v) is 10.7. The number of non-ortho nitro benzene ring substituents is 1. The van der Waals surface area contributed by atoms with E-state index in [2.05, 4.69) is 0 Å². The molecule has 0 N–H and O–H groups in total. The van der Waals surface area contributed by atoms with E-state index >= 15 is 0 Å². The zero-order valence-electron chi connectivity index (χ0n) is 22.5. The van der Waals surface area contributed by atoms with Crippen molar-refractivity contribution >= 4 is 34.8 Å². The molecule has 42 heavy (non-hydrogen) atoms. The van der Waals surface area contributed by atoms with Crippen LogP contribution < -0.4 is 9.64 Å². The maximum absolute atomic E-state index is 14.7. The lowest BCUT2D eigenvalue weighted by atomic mass is 9.64. The molecule has 3 aliphatic rings. The summed E-state index contributed by atoms with van der Waals surface area (Å²) in [5.74, 6) is -1.53.